The third-order valence-electron chi connectivity index (χ3n) is 2.47. The van der Waals surface area contributed by atoms with Gasteiger partial charge in [0.15, 0.2) is 0 Å². The quantitative estimate of drug-likeness (QED) is 0.739. The van der Waals surface area contributed by atoms with Crippen LogP contribution in [0.3, 0.4) is 0 Å². The van der Waals surface area contributed by atoms with Crippen LogP contribution in [0.5, 0.6) is 0 Å². The number of halogens is 1. The summed E-state index contributed by atoms with van der Waals surface area (Å²) in [7, 11) is 0. The summed E-state index contributed by atoms with van der Waals surface area (Å²) in [6.07, 6.45) is 3.27. The predicted molar refractivity (Wildman–Crippen MR) is 53.2 cm³/mol. The maximum Gasteiger partial charge on any atom is 0.0915 e. The Kier molecular flexibility index (Phi) is 1.97. The van der Waals surface area contributed by atoms with Gasteiger partial charge in [-0.3, -0.25) is 0 Å². The smallest absolute Gasteiger partial charge is 0.0915 e. The van der Waals surface area contributed by atoms with Crippen molar-refractivity contribution < 1.29 is 0 Å². The molecular formula is C9H8BrNS. The van der Waals surface area contributed by atoms with Crippen LogP contribution < -0.4 is 0 Å². The average molecular weight is 242 g/mol. The van der Waals surface area contributed by atoms with Crippen molar-refractivity contribution in [3.63, 3.8) is 0 Å². The summed E-state index contributed by atoms with van der Waals surface area (Å²) in [4.78, 5) is 1.23. The second-order valence-corrected chi connectivity index (χ2v) is 5.61. The summed E-state index contributed by atoms with van der Waals surface area (Å²) in [6, 6.07) is 6.53. The van der Waals surface area contributed by atoms with Crippen molar-refractivity contribution >= 4 is 27.3 Å². The molecule has 1 fully saturated rings. The summed E-state index contributed by atoms with van der Waals surface area (Å²) < 4.78 is 1.12. The molecule has 3 heteroatoms. The highest BCUT2D eigenvalue weighted by Gasteiger charge is 2.40. The molecule has 1 nitrogen and oxygen atoms in total. The lowest BCUT2D eigenvalue weighted by Crippen LogP contribution is -2.31. The lowest BCUT2D eigenvalue weighted by molar-refractivity contribution is 0.330. The van der Waals surface area contributed by atoms with Crippen LogP contribution in [0.1, 0.15) is 24.1 Å². The van der Waals surface area contributed by atoms with Gasteiger partial charge in [-0.2, -0.15) is 5.26 Å². The van der Waals surface area contributed by atoms with Crippen LogP contribution in [0.4, 0.5) is 0 Å². The number of hydrogen-bond donors (Lipinski definition) is 0. The Morgan fingerprint density at radius 3 is 2.58 bits per heavy atom. The van der Waals surface area contributed by atoms with Crippen molar-refractivity contribution in [2.75, 3.05) is 0 Å². The minimum atomic E-state index is -0.128. The topological polar surface area (TPSA) is 23.8 Å². The molecule has 1 aliphatic rings. The van der Waals surface area contributed by atoms with Gasteiger partial charge in [-0.05, 0) is 47.3 Å². The second kappa shape index (κ2) is 2.86. The van der Waals surface area contributed by atoms with E-state index in [-0.39, 0.29) is 5.41 Å². The van der Waals surface area contributed by atoms with E-state index in [9.17, 15) is 0 Å². The number of hydrogen-bond acceptors (Lipinski definition) is 2. The van der Waals surface area contributed by atoms with Gasteiger partial charge in [0.25, 0.3) is 0 Å². The predicted octanol–water partition coefficient (Wildman–Crippen LogP) is 3.46. The molecular weight excluding hydrogens is 234 g/mol. The van der Waals surface area contributed by atoms with Crippen molar-refractivity contribution in [3.05, 3.63) is 20.8 Å². The average Bonchev–Trinajstić information content (AvgIpc) is 2.35. The minimum Gasteiger partial charge on any atom is -0.197 e. The summed E-state index contributed by atoms with van der Waals surface area (Å²) in [6.45, 7) is 0. The monoisotopic (exact) mass is 241 g/mol. The van der Waals surface area contributed by atoms with Crippen LogP contribution in [0.15, 0.2) is 15.9 Å². The Bertz CT molecular complexity index is 333. The molecule has 0 bridgehead atoms. The fourth-order valence-electron chi connectivity index (χ4n) is 1.52. The summed E-state index contributed by atoms with van der Waals surface area (Å²) >= 11 is 5.11. The molecule has 0 N–H and O–H groups in total. The molecule has 0 atom stereocenters. The number of nitriles is 1. The molecule has 62 valence electrons. The van der Waals surface area contributed by atoms with Gasteiger partial charge in [-0.15, -0.1) is 11.3 Å². The van der Waals surface area contributed by atoms with E-state index >= 15 is 0 Å². The third kappa shape index (κ3) is 1.10. The van der Waals surface area contributed by atoms with Crippen molar-refractivity contribution in [1.29, 1.82) is 5.26 Å². The van der Waals surface area contributed by atoms with Gasteiger partial charge in [0.05, 0.1) is 15.3 Å². The normalized spacial score (nSPS) is 19.7. The number of thiophene rings is 1. The zero-order valence-electron chi connectivity index (χ0n) is 6.51. The molecule has 0 spiro atoms. The van der Waals surface area contributed by atoms with E-state index in [1.165, 1.54) is 11.3 Å². The molecule has 1 aromatic heterocycles. The lowest BCUT2D eigenvalue weighted by Gasteiger charge is -2.33. The summed E-state index contributed by atoms with van der Waals surface area (Å²) in [5.41, 5.74) is -0.128. The first-order valence-electron chi connectivity index (χ1n) is 3.94. The Morgan fingerprint density at radius 2 is 2.25 bits per heavy atom. The van der Waals surface area contributed by atoms with E-state index in [0.717, 1.165) is 16.6 Å². The highest BCUT2D eigenvalue weighted by atomic mass is 79.9. The molecule has 0 saturated heterocycles. The van der Waals surface area contributed by atoms with E-state index in [0.29, 0.717) is 0 Å². The van der Waals surface area contributed by atoms with Crippen LogP contribution in [-0.2, 0) is 5.41 Å². The number of nitrogens with zero attached hydrogens (tertiary/aromatic N) is 1. The standard InChI is InChI=1S/C9H8BrNS/c10-8-3-2-7(12-8)9(6-11)4-1-5-9/h2-3H,1,4-5H2. The highest BCUT2D eigenvalue weighted by Crippen LogP contribution is 2.46. The van der Waals surface area contributed by atoms with E-state index in [4.69, 9.17) is 5.26 Å². The molecule has 12 heavy (non-hydrogen) atoms. The van der Waals surface area contributed by atoms with Crippen molar-refractivity contribution in [3.8, 4) is 6.07 Å². The first-order chi connectivity index (χ1) is 5.77. The van der Waals surface area contributed by atoms with Crippen molar-refractivity contribution in [1.82, 2.24) is 0 Å². The van der Waals surface area contributed by atoms with Gasteiger partial charge >= 0.3 is 0 Å². The zero-order chi connectivity index (χ0) is 8.60. The second-order valence-electron chi connectivity index (χ2n) is 3.15. The molecule has 0 aromatic carbocycles. The fraction of sp³-hybridized carbons (Fsp3) is 0.444. The molecule has 2 rings (SSSR count). The lowest BCUT2D eigenvalue weighted by atomic mass is 9.69. The highest BCUT2D eigenvalue weighted by molar-refractivity contribution is 9.11. The van der Waals surface area contributed by atoms with Gasteiger partial charge in [0.2, 0.25) is 0 Å². The van der Waals surface area contributed by atoms with Gasteiger partial charge < -0.3 is 0 Å². The van der Waals surface area contributed by atoms with Crippen molar-refractivity contribution in [2.24, 2.45) is 0 Å². The molecule has 0 radical (unpaired) electrons. The maximum atomic E-state index is 9.04. The van der Waals surface area contributed by atoms with Gasteiger partial charge in [0, 0.05) is 4.88 Å². The molecule has 0 unspecified atom stereocenters. The van der Waals surface area contributed by atoms with Crippen LogP contribution in [0.25, 0.3) is 0 Å². The number of rotatable bonds is 1. The molecule has 1 heterocycles. The molecule has 1 aliphatic carbocycles. The van der Waals surface area contributed by atoms with E-state index < -0.39 is 0 Å². The van der Waals surface area contributed by atoms with Gasteiger partial charge in [-0.25, -0.2) is 0 Å². The van der Waals surface area contributed by atoms with Crippen molar-refractivity contribution in [2.45, 2.75) is 24.7 Å². The van der Waals surface area contributed by atoms with Crippen LogP contribution >= 0.6 is 27.3 Å². The minimum absolute atomic E-state index is 0.128. The Labute approximate surface area is 84.2 Å². The Balaban J connectivity index is 2.35. The first kappa shape index (κ1) is 8.28. The third-order valence-corrected chi connectivity index (χ3v) is 4.29. The largest absolute Gasteiger partial charge is 0.197 e. The Hall–Kier alpha value is -0.330. The van der Waals surface area contributed by atoms with Crippen LogP contribution in [0.2, 0.25) is 0 Å². The zero-order valence-corrected chi connectivity index (χ0v) is 8.91. The summed E-state index contributed by atoms with van der Waals surface area (Å²) in [5.74, 6) is 0. The van der Waals surface area contributed by atoms with Crippen LogP contribution in [-0.4, -0.2) is 0 Å². The molecule has 0 amide bonds. The van der Waals surface area contributed by atoms with E-state index in [1.807, 2.05) is 6.07 Å². The van der Waals surface area contributed by atoms with Gasteiger partial charge in [-0.1, -0.05) is 0 Å². The summed E-state index contributed by atoms with van der Waals surface area (Å²) in [5, 5.41) is 9.04. The molecule has 1 aromatic rings. The van der Waals surface area contributed by atoms with Crippen LogP contribution in [0, 0.1) is 11.3 Å². The first-order valence-corrected chi connectivity index (χ1v) is 5.55. The fourth-order valence-corrected chi connectivity index (χ4v) is 3.10. The van der Waals surface area contributed by atoms with E-state index in [1.54, 1.807) is 11.3 Å². The SMILES string of the molecule is N#CC1(c2ccc(Br)s2)CCC1. The molecule has 1 saturated carbocycles. The Morgan fingerprint density at radius 1 is 1.50 bits per heavy atom. The maximum absolute atomic E-state index is 9.04. The molecule has 0 aliphatic heterocycles. The van der Waals surface area contributed by atoms with Gasteiger partial charge in [0.1, 0.15) is 0 Å². The van der Waals surface area contributed by atoms with E-state index in [2.05, 4.69) is 28.1 Å².